The predicted molar refractivity (Wildman–Crippen MR) is 108 cm³/mol. The minimum Gasteiger partial charge on any atom is -0.463 e. The second kappa shape index (κ2) is 9.07. The zero-order chi connectivity index (χ0) is 19.3. The van der Waals surface area contributed by atoms with Crippen molar-refractivity contribution in [2.75, 3.05) is 0 Å². The van der Waals surface area contributed by atoms with E-state index < -0.39 is 5.79 Å². The van der Waals surface area contributed by atoms with Crippen LogP contribution in [0.5, 0.6) is 5.75 Å². The Morgan fingerprint density at radius 3 is 1.80 bits per heavy atom. The third kappa shape index (κ3) is 7.01. The molecule has 0 N–H and O–H groups in total. The van der Waals surface area contributed by atoms with Crippen LogP contribution in [0, 0.1) is 11.3 Å². The van der Waals surface area contributed by atoms with Gasteiger partial charge in [0, 0.05) is 13.3 Å². The first-order valence-corrected chi connectivity index (χ1v) is 9.97. The van der Waals surface area contributed by atoms with Crippen molar-refractivity contribution in [3.05, 3.63) is 29.8 Å². The predicted octanol–water partition coefficient (Wildman–Crippen LogP) is 7.18. The lowest BCUT2D eigenvalue weighted by atomic mass is 9.78. The second-order valence-corrected chi connectivity index (χ2v) is 9.05. The van der Waals surface area contributed by atoms with Crippen LogP contribution in [-0.2, 0) is 4.74 Å². The average molecular weight is 349 g/mol. The zero-order valence-corrected chi connectivity index (χ0v) is 18.0. The Morgan fingerprint density at radius 2 is 1.40 bits per heavy atom. The van der Waals surface area contributed by atoms with Crippen molar-refractivity contribution in [3.63, 3.8) is 0 Å². The van der Waals surface area contributed by atoms with Gasteiger partial charge in [-0.1, -0.05) is 67.5 Å². The smallest absolute Gasteiger partial charge is 0.208 e. The molecule has 0 radical (unpaired) electrons. The molecule has 25 heavy (non-hydrogen) atoms. The molecule has 0 amide bonds. The minimum atomic E-state index is -0.581. The fraction of sp³-hybridized carbons (Fsp3) is 0.739. The second-order valence-electron chi connectivity index (χ2n) is 9.05. The highest BCUT2D eigenvalue weighted by atomic mass is 16.7. The van der Waals surface area contributed by atoms with Gasteiger partial charge in [0.1, 0.15) is 5.75 Å². The Balaban J connectivity index is 2.93. The fourth-order valence-corrected chi connectivity index (χ4v) is 3.24. The molecule has 1 rings (SSSR count). The Labute approximate surface area is 156 Å². The fourth-order valence-electron chi connectivity index (χ4n) is 3.24. The lowest BCUT2D eigenvalue weighted by Crippen LogP contribution is -2.40. The van der Waals surface area contributed by atoms with Crippen molar-refractivity contribution in [1.29, 1.82) is 0 Å². The quantitative estimate of drug-likeness (QED) is 0.440. The summed E-state index contributed by atoms with van der Waals surface area (Å²) < 4.78 is 12.7. The monoisotopic (exact) mass is 348 g/mol. The van der Waals surface area contributed by atoms with Gasteiger partial charge >= 0.3 is 0 Å². The molecule has 0 fully saturated rings. The standard InChI is InChI=1S/C23H40O2/c1-10-20(11-2)24-23(9,16-17(3)4)25-21-14-12-19(13-15-21)18(5)22(6,7)8/h12-15,17-18,20H,10-11,16H2,1-9H3. The summed E-state index contributed by atoms with van der Waals surface area (Å²) in [5.74, 6) is 1.32. The molecule has 2 nitrogen and oxygen atoms in total. The zero-order valence-electron chi connectivity index (χ0n) is 18.0. The molecule has 1 aromatic carbocycles. The van der Waals surface area contributed by atoms with Gasteiger partial charge in [-0.15, -0.1) is 0 Å². The van der Waals surface area contributed by atoms with Gasteiger partial charge in [0.2, 0.25) is 5.79 Å². The number of ether oxygens (including phenoxy) is 2. The summed E-state index contributed by atoms with van der Waals surface area (Å²) in [5.41, 5.74) is 1.61. The van der Waals surface area contributed by atoms with Crippen LogP contribution in [0.4, 0.5) is 0 Å². The Bertz CT molecular complexity index is 494. The van der Waals surface area contributed by atoms with Gasteiger partial charge in [0.25, 0.3) is 0 Å². The molecule has 0 aromatic heterocycles. The maximum Gasteiger partial charge on any atom is 0.208 e. The van der Waals surface area contributed by atoms with E-state index in [1.165, 1.54) is 5.56 Å². The maximum absolute atomic E-state index is 6.36. The SMILES string of the molecule is CCC(CC)OC(C)(CC(C)C)Oc1ccc(C(C)C(C)(C)C)cc1. The topological polar surface area (TPSA) is 18.5 Å². The van der Waals surface area contributed by atoms with E-state index in [9.17, 15) is 0 Å². The van der Waals surface area contributed by atoms with Crippen molar-refractivity contribution in [2.24, 2.45) is 11.3 Å². The van der Waals surface area contributed by atoms with E-state index in [4.69, 9.17) is 9.47 Å². The first-order chi connectivity index (χ1) is 11.5. The molecule has 0 aliphatic heterocycles. The highest BCUT2D eigenvalue weighted by Crippen LogP contribution is 2.36. The lowest BCUT2D eigenvalue weighted by molar-refractivity contribution is -0.209. The molecule has 2 heteroatoms. The summed E-state index contributed by atoms with van der Waals surface area (Å²) in [6.45, 7) is 20.0. The minimum absolute atomic E-state index is 0.240. The van der Waals surface area contributed by atoms with Gasteiger partial charge in [-0.25, -0.2) is 0 Å². The van der Waals surface area contributed by atoms with Crippen molar-refractivity contribution in [3.8, 4) is 5.75 Å². The van der Waals surface area contributed by atoms with Gasteiger partial charge < -0.3 is 9.47 Å². The molecule has 2 atom stereocenters. The van der Waals surface area contributed by atoms with E-state index in [1.807, 2.05) is 0 Å². The third-order valence-corrected chi connectivity index (χ3v) is 5.12. The van der Waals surface area contributed by atoms with Crippen LogP contribution < -0.4 is 4.74 Å². The van der Waals surface area contributed by atoms with Gasteiger partial charge in [-0.3, -0.25) is 0 Å². The summed E-state index contributed by atoms with van der Waals surface area (Å²) in [4.78, 5) is 0. The maximum atomic E-state index is 6.36. The van der Waals surface area contributed by atoms with Gasteiger partial charge in [0.05, 0.1) is 6.10 Å². The summed E-state index contributed by atoms with van der Waals surface area (Å²) >= 11 is 0. The molecular weight excluding hydrogens is 308 g/mol. The number of hydrogen-bond donors (Lipinski definition) is 0. The van der Waals surface area contributed by atoms with Crippen LogP contribution in [0.1, 0.15) is 93.1 Å². The molecule has 0 bridgehead atoms. The van der Waals surface area contributed by atoms with Crippen LogP contribution >= 0.6 is 0 Å². The van der Waals surface area contributed by atoms with E-state index in [1.54, 1.807) is 0 Å². The summed E-state index contributed by atoms with van der Waals surface area (Å²) in [7, 11) is 0. The largest absolute Gasteiger partial charge is 0.463 e. The average Bonchev–Trinajstić information content (AvgIpc) is 2.51. The highest BCUT2D eigenvalue weighted by Gasteiger charge is 2.31. The number of rotatable bonds is 9. The molecule has 144 valence electrons. The Morgan fingerprint density at radius 1 is 0.880 bits per heavy atom. The van der Waals surface area contributed by atoms with Gasteiger partial charge in [-0.2, -0.15) is 0 Å². The molecule has 0 heterocycles. The van der Waals surface area contributed by atoms with Crippen molar-refractivity contribution in [2.45, 2.75) is 99.4 Å². The van der Waals surface area contributed by atoms with Crippen molar-refractivity contribution < 1.29 is 9.47 Å². The normalized spacial score (nSPS) is 16.1. The lowest BCUT2D eigenvalue weighted by Gasteiger charge is -2.35. The van der Waals surface area contributed by atoms with Crippen molar-refractivity contribution in [1.82, 2.24) is 0 Å². The van der Waals surface area contributed by atoms with E-state index in [0.717, 1.165) is 25.0 Å². The molecule has 2 unspecified atom stereocenters. The Kier molecular flexibility index (Phi) is 7.99. The molecule has 1 aromatic rings. The molecule has 0 saturated heterocycles. The van der Waals surface area contributed by atoms with Crippen LogP contribution in [-0.4, -0.2) is 11.9 Å². The van der Waals surface area contributed by atoms with E-state index in [-0.39, 0.29) is 11.5 Å². The van der Waals surface area contributed by atoms with Crippen LogP contribution in [0.15, 0.2) is 24.3 Å². The third-order valence-electron chi connectivity index (χ3n) is 5.12. The van der Waals surface area contributed by atoms with Crippen molar-refractivity contribution >= 4 is 0 Å². The molecule has 0 saturated carbocycles. The number of benzene rings is 1. The molecule has 0 aliphatic carbocycles. The van der Waals surface area contributed by atoms with E-state index in [2.05, 4.69) is 86.6 Å². The summed E-state index contributed by atoms with van der Waals surface area (Å²) in [6, 6.07) is 8.56. The van der Waals surface area contributed by atoms with Crippen LogP contribution in [0.2, 0.25) is 0 Å². The van der Waals surface area contributed by atoms with Crippen LogP contribution in [0.3, 0.4) is 0 Å². The molecular formula is C23H40O2. The summed E-state index contributed by atoms with van der Waals surface area (Å²) in [6.07, 6.45) is 3.14. The Hall–Kier alpha value is -1.02. The first kappa shape index (κ1) is 22.0. The first-order valence-electron chi connectivity index (χ1n) is 9.97. The van der Waals surface area contributed by atoms with Crippen LogP contribution in [0.25, 0.3) is 0 Å². The molecule has 0 aliphatic rings. The van der Waals surface area contributed by atoms with E-state index >= 15 is 0 Å². The van der Waals surface area contributed by atoms with Gasteiger partial charge in [0.15, 0.2) is 0 Å². The summed E-state index contributed by atoms with van der Waals surface area (Å²) in [5, 5.41) is 0. The number of hydrogen-bond acceptors (Lipinski definition) is 2. The highest BCUT2D eigenvalue weighted by molar-refractivity contribution is 5.30. The molecule has 0 spiro atoms. The van der Waals surface area contributed by atoms with E-state index in [0.29, 0.717) is 11.8 Å². The van der Waals surface area contributed by atoms with Gasteiger partial charge in [-0.05, 0) is 47.8 Å².